The molecule has 0 atom stereocenters. The van der Waals surface area contributed by atoms with E-state index in [1.165, 1.54) is 81.5 Å². The van der Waals surface area contributed by atoms with E-state index in [2.05, 4.69) is 191 Å². The first-order valence-corrected chi connectivity index (χ1v) is 19.2. The molecule has 13 rings (SSSR count). The van der Waals surface area contributed by atoms with Crippen LogP contribution in [-0.4, -0.2) is 18.9 Å². The molecule has 4 aromatic heterocycles. The second-order valence-corrected chi connectivity index (χ2v) is 15.0. The Hall–Kier alpha value is -7.56. The highest BCUT2D eigenvalue weighted by atomic mass is 15.1. The summed E-state index contributed by atoms with van der Waals surface area (Å²) >= 11 is 0. The van der Waals surface area contributed by atoms with Gasteiger partial charge in [0.1, 0.15) is 5.82 Å². The number of rotatable bonds is 3. The molecule has 0 fully saturated rings. The molecule has 0 saturated heterocycles. The van der Waals surface area contributed by atoms with Crippen molar-refractivity contribution in [2.45, 2.75) is 0 Å². The molecule has 13 aromatic rings. The minimum absolute atomic E-state index is 0.708. The maximum absolute atomic E-state index is 5.56. The van der Waals surface area contributed by atoms with E-state index in [1.807, 2.05) is 0 Å². The van der Waals surface area contributed by atoms with Crippen molar-refractivity contribution in [2.75, 3.05) is 0 Å². The van der Waals surface area contributed by atoms with Crippen molar-refractivity contribution in [3.05, 3.63) is 182 Å². The van der Waals surface area contributed by atoms with Gasteiger partial charge in [0.25, 0.3) is 0 Å². The summed E-state index contributed by atoms with van der Waals surface area (Å²) in [5.74, 6) is 1.59. The maximum atomic E-state index is 5.56. The van der Waals surface area contributed by atoms with Crippen LogP contribution in [-0.2, 0) is 0 Å². The van der Waals surface area contributed by atoms with E-state index in [0.29, 0.717) is 5.82 Å². The molecular formula is C52H30N4. The third-order valence-corrected chi connectivity index (χ3v) is 12.0. The highest BCUT2D eigenvalue weighted by Crippen LogP contribution is 2.47. The number of aromatic nitrogens is 4. The summed E-state index contributed by atoms with van der Waals surface area (Å²) in [7, 11) is 0. The Labute approximate surface area is 320 Å². The third-order valence-electron chi connectivity index (χ3n) is 12.0. The molecule has 4 heteroatoms. The van der Waals surface area contributed by atoms with Crippen LogP contribution < -0.4 is 0 Å². The van der Waals surface area contributed by atoms with Crippen LogP contribution in [0, 0.1) is 0 Å². The van der Waals surface area contributed by atoms with Crippen molar-refractivity contribution < 1.29 is 0 Å². The second kappa shape index (κ2) is 11.0. The molecule has 0 aliphatic carbocycles. The minimum atomic E-state index is 0.708. The number of hydrogen-bond donors (Lipinski definition) is 0. The van der Waals surface area contributed by atoms with Gasteiger partial charge in [-0.2, -0.15) is 0 Å². The van der Waals surface area contributed by atoms with Crippen LogP contribution in [0.2, 0.25) is 0 Å². The van der Waals surface area contributed by atoms with Crippen molar-refractivity contribution in [2.24, 2.45) is 0 Å². The summed E-state index contributed by atoms with van der Waals surface area (Å²) in [5, 5.41) is 13.3. The lowest BCUT2D eigenvalue weighted by atomic mass is 10.00. The van der Waals surface area contributed by atoms with E-state index < -0.39 is 0 Å². The van der Waals surface area contributed by atoms with Crippen LogP contribution in [0.25, 0.3) is 121 Å². The normalized spacial score (nSPS) is 12.3. The number of para-hydroxylation sites is 3. The van der Waals surface area contributed by atoms with Gasteiger partial charge in [0.05, 0.1) is 33.1 Å². The Morgan fingerprint density at radius 1 is 0.339 bits per heavy atom. The van der Waals surface area contributed by atoms with E-state index in [-0.39, 0.29) is 0 Å². The highest BCUT2D eigenvalue weighted by Gasteiger charge is 2.26. The van der Waals surface area contributed by atoms with Crippen LogP contribution in [0.4, 0.5) is 0 Å². The van der Waals surface area contributed by atoms with Crippen LogP contribution >= 0.6 is 0 Å². The second-order valence-electron chi connectivity index (χ2n) is 15.0. The third kappa shape index (κ3) is 3.97. The first-order valence-electron chi connectivity index (χ1n) is 19.2. The molecule has 0 saturated carbocycles. The van der Waals surface area contributed by atoms with E-state index in [1.54, 1.807) is 0 Å². The summed E-state index contributed by atoms with van der Waals surface area (Å²) in [6, 6.07) is 65.8. The van der Waals surface area contributed by atoms with E-state index in [4.69, 9.17) is 9.97 Å². The molecule has 4 heterocycles. The molecule has 258 valence electrons. The molecule has 0 unspecified atom stereocenters. The van der Waals surface area contributed by atoms with Gasteiger partial charge in [-0.05, 0) is 81.2 Å². The van der Waals surface area contributed by atoms with Crippen molar-refractivity contribution in [1.82, 2.24) is 18.9 Å². The van der Waals surface area contributed by atoms with E-state index in [0.717, 1.165) is 33.3 Å². The SMILES string of the molecule is c1ccc(-c2ccc3c(c2)c2cc4c5ccccc5n(-c5nc(-c6ccc7ccc8ccccc8c7c6)nc6ccccc56)c4c4c5ccccc5n3c24)cc1. The molecule has 0 radical (unpaired) electrons. The van der Waals surface area contributed by atoms with Gasteiger partial charge in [0, 0.05) is 43.3 Å². The fourth-order valence-electron chi connectivity index (χ4n) is 9.54. The monoisotopic (exact) mass is 710 g/mol. The highest BCUT2D eigenvalue weighted by molar-refractivity contribution is 6.34. The lowest BCUT2D eigenvalue weighted by molar-refractivity contribution is 1.08. The number of fused-ring (bicyclic) bond motifs is 14. The van der Waals surface area contributed by atoms with Crippen LogP contribution in [0.3, 0.4) is 0 Å². The van der Waals surface area contributed by atoms with Gasteiger partial charge in [-0.3, -0.25) is 4.57 Å². The van der Waals surface area contributed by atoms with Crippen molar-refractivity contribution in [3.8, 4) is 28.3 Å². The first kappa shape index (κ1) is 29.8. The zero-order valence-corrected chi connectivity index (χ0v) is 30.1. The van der Waals surface area contributed by atoms with Gasteiger partial charge < -0.3 is 4.40 Å². The summed E-state index contributed by atoms with van der Waals surface area (Å²) in [6.45, 7) is 0. The van der Waals surface area contributed by atoms with Crippen molar-refractivity contribution >= 4 is 92.3 Å². The van der Waals surface area contributed by atoms with Gasteiger partial charge in [-0.1, -0.05) is 133 Å². The molecule has 0 aliphatic rings. The number of hydrogen-bond acceptors (Lipinski definition) is 2. The zero-order chi connectivity index (χ0) is 36.5. The topological polar surface area (TPSA) is 35.1 Å². The molecule has 0 spiro atoms. The Morgan fingerprint density at radius 2 is 0.964 bits per heavy atom. The Morgan fingerprint density at radius 3 is 1.84 bits per heavy atom. The smallest absolute Gasteiger partial charge is 0.162 e. The van der Waals surface area contributed by atoms with Gasteiger partial charge in [-0.15, -0.1) is 0 Å². The predicted molar refractivity (Wildman–Crippen MR) is 234 cm³/mol. The summed E-state index contributed by atoms with van der Waals surface area (Å²) in [6.07, 6.45) is 0. The number of nitrogens with zero attached hydrogens (tertiary/aromatic N) is 4. The average molecular weight is 711 g/mol. The molecule has 9 aromatic carbocycles. The standard InChI is InChI=1S/C52H30N4/c1-2-12-31(13-3-1)34-26-27-47-41(28-34)43-30-42-37-16-7-10-20-45(37)56(50(42)48-39-18-8-11-21-46(39)55(47)49(43)48)52-38-17-6-9-19-44(38)53-51(54-52)35-25-24-33-23-22-32-14-4-5-15-36(32)40(33)29-35/h1-30H. The zero-order valence-electron chi connectivity index (χ0n) is 30.1. The van der Waals surface area contributed by atoms with Crippen LogP contribution in [0.1, 0.15) is 0 Å². The Balaban J connectivity index is 1.17. The van der Waals surface area contributed by atoms with E-state index >= 15 is 0 Å². The fourth-order valence-corrected chi connectivity index (χ4v) is 9.54. The largest absolute Gasteiger partial charge is 0.308 e. The lowest BCUT2D eigenvalue weighted by Crippen LogP contribution is -2.03. The minimum Gasteiger partial charge on any atom is -0.308 e. The molecule has 4 nitrogen and oxygen atoms in total. The van der Waals surface area contributed by atoms with Gasteiger partial charge in [0.2, 0.25) is 0 Å². The molecule has 0 aliphatic heterocycles. The van der Waals surface area contributed by atoms with Crippen LogP contribution in [0.5, 0.6) is 0 Å². The molecule has 56 heavy (non-hydrogen) atoms. The summed E-state index contributed by atoms with van der Waals surface area (Å²) < 4.78 is 4.90. The van der Waals surface area contributed by atoms with Crippen LogP contribution in [0.15, 0.2) is 182 Å². The quantitative estimate of drug-likeness (QED) is 0.171. The fraction of sp³-hybridized carbons (Fsp3) is 0. The average Bonchev–Trinajstić information content (AvgIpc) is 3.90. The molecular weight excluding hydrogens is 681 g/mol. The number of benzene rings is 9. The van der Waals surface area contributed by atoms with Gasteiger partial charge in [0.15, 0.2) is 5.82 Å². The maximum Gasteiger partial charge on any atom is 0.162 e. The van der Waals surface area contributed by atoms with Crippen molar-refractivity contribution in [1.29, 1.82) is 0 Å². The van der Waals surface area contributed by atoms with E-state index in [9.17, 15) is 0 Å². The summed E-state index contributed by atoms with van der Waals surface area (Å²) in [4.78, 5) is 10.8. The summed E-state index contributed by atoms with van der Waals surface area (Å²) in [5.41, 5.74) is 10.3. The van der Waals surface area contributed by atoms with Gasteiger partial charge >= 0.3 is 0 Å². The van der Waals surface area contributed by atoms with Crippen molar-refractivity contribution in [3.63, 3.8) is 0 Å². The molecule has 0 N–H and O–H groups in total. The molecule has 0 bridgehead atoms. The lowest BCUT2D eigenvalue weighted by Gasteiger charge is -2.14. The van der Waals surface area contributed by atoms with Gasteiger partial charge in [-0.25, -0.2) is 9.97 Å². The Bertz CT molecular complexity index is 3760. The first-order chi connectivity index (χ1) is 27.8. The molecule has 0 amide bonds. The Kier molecular flexibility index (Phi) is 5.86. The predicted octanol–water partition coefficient (Wildman–Crippen LogP) is 13.5.